The van der Waals surface area contributed by atoms with Crippen LogP contribution < -0.4 is 5.32 Å². The lowest BCUT2D eigenvalue weighted by Crippen LogP contribution is -2.43. The van der Waals surface area contributed by atoms with Crippen LogP contribution in [0.2, 0.25) is 0 Å². The van der Waals surface area contributed by atoms with Crippen LogP contribution in [0.3, 0.4) is 0 Å². The van der Waals surface area contributed by atoms with Crippen LogP contribution in [-0.2, 0) is 18.5 Å². The molecule has 1 aromatic heterocycles. The van der Waals surface area contributed by atoms with Gasteiger partial charge in [0.1, 0.15) is 0 Å². The van der Waals surface area contributed by atoms with Crippen molar-refractivity contribution in [1.29, 1.82) is 0 Å². The lowest BCUT2D eigenvalue weighted by molar-refractivity contribution is 0.159. The van der Waals surface area contributed by atoms with Crippen molar-refractivity contribution in [2.24, 2.45) is 0 Å². The first-order chi connectivity index (χ1) is 8.84. The van der Waals surface area contributed by atoms with E-state index in [9.17, 15) is 5.11 Å². The van der Waals surface area contributed by atoms with Gasteiger partial charge in [0.15, 0.2) is 0 Å². The van der Waals surface area contributed by atoms with Crippen LogP contribution in [0.5, 0.6) is 0 Å². The number of aryl methyl sites for hydroxylation is 1. The number of aliphatic hydroxyl groups excluding tert-OH is 1. The van der Waals surface area contributed by atoms with E-state index in [1.54, 1.807) is 0 Å². The van der Waals surface area contributed by atoms with E-state index in [0.29, 0.717) is 0 Å². The van der Waals surface area contributed by atoms with E-state index in [4.69, 9.17) is 0 Å². The first-order valence-electron chi connectivity index (χ1n) is 6.40. The molecule has 1 atom stereocenters. The quantitative estimate of drug-likeness (QED) is 0.767. The number of hydrogen-bond donors (Lipinski definition) is 3. The highest BCUT2D eigenvalue weighted by Gasteiger charge is 2.37. The lowest BCUT2D eigenvalue weighted by Gasteiger charge is -2.29. The van der Waals surface area contributed by atoms with Gasteiger partial charge in [-0.2, -0.15) is 0 Å². The fourth-order valence-electron chi connectivity index (χ4n) is 2.83. The maximum Gasteiger partial charge on any atom is 0.0677 e. The van der Waals surface area contributed by atoms with Crippen LogP contribution in [0.25, 0.3) is 0 Å². The number of aromatic amines is 1. The molecule has 1 aromatic carbocycles. The summed E-state index contributed by atoms with van der Waals surface area (Å²) >= 11 is 0. The first-order valence-corrected chi connectivity index (χ1v) is 6.40. The second-order valence-electron chi connectivity index (χ2n) is 4.97. The van der Waals surface area contributed by atoms with E-state index in [1.807, 2.05) is 18.5 Å². The largest absolute Gasteiger partial charge is 0.394 e. The molecular weight excluding hydrogens is 224 g/mol. The Kier molecular flexibility index (Phi) is 2.94. The van der Waals surface area contributed by atoms with Crippen LogP contribution >= 0.6 is 0 Å². The smallest absolute Gasteiger partial charge is 0.0677 e. The second kappa shape index (κ2) is 4.59. The van der Waals surface area contributed by atoms with Crippen molar-refractivity contribution in [3.05, 3.63) is 59.4 Å². The van der Waals surface area contributed by atoms with Gasteiger partial charge in [0.05, 0.1) is 12.1 Å². The van der Waals surface area contributed by atoms with Gasteiger partial charge in [-0.05, 0) is 35.6 Å². The molecule has 1 heterocycles. The summed E-state index contributed by atoms with van der Waals surface area (Å²) in [5.74, 6) is 0. The molecular formula is C15H18N2O. The first kappa shape index (κ1) is 11.5. The third-order valence-corrected chi connectivity index (χ3v) is 3.92. The second-order valence-corrected chi connectivity index (χ2v) is 4.97. The summed E-state index contributed by atoms with van der Waals surface area (Å²) in [6.07, 6.45) is 5.91. The van der Waals surface area contributed by atoms with E-state index < -0.39 is 0 Å². The fourth-order valence-corrected chi connectivity index (χ4v) is 2.83. The average Bonchev–Trinajstić information content (AvgIpc) is 3.05. The van der Waals surface area contributed by atoms with Crippen LogP contribution in [0.15, 0.2) is 42.7 Å². The minimum atomic E-state index is -0.270. The third-order valence-electron chi connectivity index (χ3n) is 3.92. The number of rotatable bonds is 4. The molecule has 3 N–H and O–H groups in total. The summed E-state index contributed by atoms with van der Waals surface area (Å²) in [5.41, 5.74) is 3.55. The summed E-state index contributed by atoms with van der Waals surface area (Å²) in [7, 11) is 0. The average molecular weight is 242 g/mol. The molecule has 3 nitrogen and oxygen atoms in total. The number of aromatic nitrogens is 1. The summed E-state index contributed by atoms with van der Waals surface area (Å²) in [4.78, 5) is 3.05. The highest BCUT2D eigenvalue weighted by molar-refractivity contribution is 5.39. The van der Waals surface area contributed by atoms with Crippen LogP contribution in [0.1, 0.15) is 23.1 Å². The van der Waals surface area contributed by atoms with Gasteiger partial charge in [0, 0.05) is 18.9 Å². The molecule has 0 saturated carbocycles. The molecule has 3 rings (SSSR count). The molecule has 0 saturated heterocycles. The van der Waals surface area contributed by atoms with Gasteiger partial charge in [-0.15, -0.1) is 0 Å². The minimum absolute atomic E-state index is 0.147. The molecule has 0 amide bonds. The predicted octanol–water partition coefficient (Wildman–Crippen LogP) is 1.94. The number of nitrogens with one attached hydrogen (secondary N) is 2. The maximum atomic E-state index is 9.82. The van der Waals surface area contributed by atoms with Crippen molar-refractivity contribution in [3.63, 3.8) is 0 Å². The summed E-state index contributed by atoms with van der Waals surface area (Å²) in [6, 6.07) is 10.5. The Labute approximate surface area is 107 Å². The van der Waals surface area contributed by atoms with Gasteiger partial charge in [0.25, 0.3) is 0 Å². The van der Waals surface area contributed by atoms with Crippen molar-refractivity contribution in [1.82, 2.24) is 10.3 Å². The number of fused-ring (bicyclic) bond motifs is 1. The van der Waals surface area contributed by atoms with Gasteiger partial charge < -0.3 is 15.4 Å². The topological polar surface area (TPSA) is 48.0 Å². The third kappa shape index (κ3) is 1.85. The SMILES string of the molecule is OCC1(NCc2cc[nH]c2)CCc2ccccc21. The monoisotopic (exact) mass is 242 g/mol. The Morgan fingerprint density at radius 3 is 2.94 bits per heavy atom. The van der Waals surface area contributed by atoms with Crippen molar-refractivity contribution in [2.75, 3.05) is 6.61 Å². The molecule has 3 heteroatoms. The molecule has 1 aliphatic rings. The molecule has 0 bridgehead atoms. The van der Waals surface area contributed by atoms with Gasteiger partial charge >= 0.3 is 0 Å². The van der Waals surface area contributed by atoms with Crippen LogP contribution in [0, 0.1) is 0 Å². The Hall–Kier alpha value is -1.58. The number of benzene rings is 1. The highest BCUT2D eigenvalue weighted by Crippen LogP contribution is 2.36. The van der Waals surface area contributed by atoms with Crippen molar-refractivity contribution >= 4 is 0 Å². The zero-order chi connectivity index (χ0) is 12.4. The van der Waals surface area contributed by atoms with E-state index in [-0.39, 0.29) is 12.1 Å². The van der Waals surface area contributed by atoms with E-state index in [0.717, 1.165) is 19.4 Å². The Bertz CT molecular complexity index is 521. The molecule has 2 aromatic rings. The highest BCUT2D eigenvalue weighted by atomic mass is 16.3. The maximum absolute atomic E-state index is 9.82. The fraction of sp³-hybridized carbons (Fsp3) is 0.333. The lowest BCUT2D eigenvalue weighted by atomic mass is 9.92. The molecule has 0 aliphatic heterocycles. The van der Waals surface area contributed by atoms with E-state index in [1.165, 1.54) is 16.7 Å². The number of aliphatic hydroxyl groups is 1. The van der Waals surface area contributed by atoms with Crippen LogP contribution in [0.4, 0.5) is 0 Å². The van der Waals surface area contributed by atoms with Crippen molar-refractivity contribution < 1.29 is 5.11 Å². The Morgan fingerprint density at radius 1 is 1.28 bits per heavy atom. The normalized spacial score (nSPS) is 22.1. The van der Waals surface area contributed by atoms with E-state index in [2.05, 4.69) is 34.6 Å². The molecule has 0 radical (unpaired) electrons. The van der Waals surface area contributed by atoms with Gasteiger partial charge in [-0.1, -0.05) is 24.3 Å². The summed E-state index contributed by atoms with van der Waals surface area (Å²) in [6.45, 7) is 0.923. The zero-order valence-electron chi connectivity index (χ0n) is 10.3. The van der Waals surface area contributed by atoms with Crippen LogP contribution in [-0.4, -0.2) is 16.7 Å². The zero-order valence-corrected chi connectivity index (χ0v) is 10.3. The number of hydrogen-bond acceptors (Lipinski definition) is 2. The molecule has 94 valence electrons. The number of H-pyrrole nitrogens is 1. The minimum Gasteiger partial charge on any atom is -0.394 e. The molecule has 0 spiro atoms. The standard InChI is InChI=1S/C15H18N2O/c18-11-15(17-10-12-6-8-16-9-12)7-5-13-3-1-2-4-14(13)15/h1-4,6,8-9,16-18H,5,7,10-11H2. The molecule has 18 heavy (non-hydrogen) atoms. The van der Waals surface area contributed by atoms with Gasteiger partial charge in [0.2, 0.25) is 0 Å². The van der Waals surface area contributed by atoms with Gasteiger partial charge in [-0.3, -0.25) is 0 Å². The summed E-state index contributed by atoms with van der Waals surface area (Å²) in [5, 5.41) is 13.4. The predicted molar refractivity (Wildman–Crippen MR) is 71.2 cm³/mol. The molecule has 1 unspecified atom stereocenters. The Balaban J connectivity index is 1.83. The molecule has 1 aliphatic carbocycles. The summed E-state index contributed by atoms with van der Waals surface area (Å²) < 4.78 is 0. The van der Waals surface area contributed by atoms with Gasteiger partial charge in [-0.25, -0.2) is 0 Å². The molecule has 0 fully saturated rings. The van der Waals surface area contributed by atoms with Crippen molar-refractivity contribution in [2.45, 2.75) is 24.9 Å². The van der Waals surface area contributed by atoms with E-state index >= 15 is 0 Å². The Morgan fingerprint density at radius 2 is 2.17 bits per heavy atom. The van der Waals surface area contributed by atoms with Crippen molar-refractivity contribution in [3.8, 4) is 0 Å².